The molecular weight excluding hydrogens is 248 g/mol. The van der Waals surface area contributed by atoms with Gasteiger partial charge in [-0.3, -0.25) is 4.98 Å². The molecule has 2 unspecified atom stereocenters. The van der Waals surface area contributed by atoms with Gasteiger partial charge in [0.05, 0.1) is 0 Å². The van der Waals surface area contributed by atoms with Crippen LogP contribution in [0.1, 0.15) is 32.1 Å². The Balaban J connectivity index is 1.87. The molecule has 0 spiro atoms. The molecule has 1 aromatic carbocycles. The van der Waals surface area contributed by atoms with Gasteiger partial charge in [-0.2, -0.15) is 0 Å². The van der Waals surface area contributed by atoms with Gasteiger partial charge in [-0.1, -0.05) is 31.0 Å². The highest BCUT2D eigenvalue weighted by molar-refractivity contribution is 5.84. The van der Waals surface area contributed by atoms with Crippen molar-refractivity contribution >= 4 is 10.9 Å². The van der Waals surface area contributed by atoms with E-state index in [1.54, 1.807) is 0 Å². The lowest BCUT2D eigenvalue weighted by Crippen LogP contribution is -2.40. The molecule has 1 N–H and O–H groups in total. The van der Waals surface area contributed by atoms with Gasteiger partial charge in [0.1, 0.15) is 17.4 Å². The van der Waals surface area contributed by atoms with E-state index in [1.165, 1.54) is 25.7 Å². The third kappa shape index (κ3) is 2.78. The summed E-state index contributed by atoms with van der Waals surface area (Å²) in [4.78, 5) is 4.48. The van der Waals surface area contributed by atoms with Crippen LogP contribution in [-0.4, -0.2) is 24.2 Å². The fourth-order valence-corrected chi connectivity index (χ4v) is 3.08. The molecule has 2 aromatic rings. The summed E-state index contributed by atoms with van der Waals surface area (Å²) in [6.07, 6.45) is 8.24. The van der Waals surface area contributed by atoms with Crippen LogP contribution in [0.4, 0.5) is 0 Å². The molecule has 1 fully saturated rings. The molecule has 20 heavy (non-hydrogen) atoms. The predicted octanol–water partition coefficient (Wildman–Crippen LogP) is 3.53. The number of ether oxygens (including phenoxy) is 1. The first-order valence-electron chi connectivity index (χ1n) is 7.56. The summed E-state index contributed by atoms with van der Waals surface area (Å²) < 4.78 is 6.33. The Hall–Kier alpha value is -1.61. The molecule has 1 aromatic heterocycles. The van der Waals surface area contributed by atoms with Crippen LogP contribution in [-0.2, 0) is 0 Å². The summed E-state index contributed by atoms with van der Waals surface area (Å²) in [5.41, 5.74) is 0.967. The number of rotatable bonds is 3. The molecule has 1 heterocycles. The maximum absolute atomic E-state index is 6.33. The van der Waals surface area contributed by atoms with E-state index in [4.69, 9.17) is 4.74 Å². The van der Waals surface area contributed by atoms with E-state index < -0.39 is 0 Å². The number of fused-ring (bicyclic) bond motifs is 1. The van der Waals surface area contributed by atoms with Crippen LogP contribution >= 0.6 is 0 Å². The van der Waals surface area contributed by atoms with Crippen molar-refractivity contribution in [2.24, 2.45) is 0 Å². The number of nitrogens with one attached hydrogen (secondary N) is 1. The molecule has 1 aliphatic carbocycles. The second-order valence-electron chi connectivity index (χ2n) is 5.52. The van der Waals surface area contributed by atoms with Gasteiger partial charge in [0.25, 0.3) is 0 Å². The number of likely N-dealkylation sites (N-methyl/N-ethyl adjacent to an activating group) is 1. The highest BCUT2D eigenvalue weighted by Crippen LogP contribution is 2.28. The maximum Gasteiger partial charge on any atom is 0.146 e. The van der Waals surface area contributed by atoms with Gasteiger partial charge in [-0.25, -0.2) is 0 Å². The van der Waals surface area contributed by atoms with Gasteiger partial charge in [-0.05, 0) is 38.4 Å². The minimum absolute atomic E-state index is 0.245. The Kier molecular flexibility index (Phi) is 4.16. The predicted molar refractivity (Wildman–Crippen MR) is 82.1 cm³/mol. The number of nitrogens with zero attached hydrogens (tertiary/aromatic N) is 1. The lowest BCUT2D eigenvalue weighted by atomic mass is 10.1. The van der Waals surface area contributed by atoms with Crippen molar-refractivity contribution in [3.05, 3.63) is 36.5 Å². The first-order valence-corrected chi connectivity index (χ1v) is 7.56. The fraction of sp³-hybridized carbons (Fsp3) is 0.471. The van der Waals surface area contributed by atoms with Crippen molar-refractivity contribution in [3.8, 4) is 5.75 Å². The van der Waals surface area contributed by atoms with Gasteiger partial charge in [-0.15, -0.1) is 0 Å². The Morgan fingerprint density at radius 1 is 1.10 bits per heavy atom. The quantitative estimate of drug-likeness (QED) is 0.866. The number of para-hydroxylation sites is 1. The highest BCUT2D eigenvalue weighted by atomic mass is 16.5. The average molecular weight is 270 g/mol. The first kappa shape index (κ1) is 13.4. The van der Waals surface area contributed by atoms with E-state index >= 15 is 0 Å². The Labute approximate surface area is 120 Å². The molecule has 0 saturated heterocycles. The largest absolute Gasteiger partial charge is 0.487 e. The van der Waals surface area contributed by atoms with E-state index in [9.17, 15) is 0 Å². The molecule has 1 aliphatic rings. The summed E-state index contributed by atoms with van der Waals surface area (Å²) in [5.74, 6) is 0.912. The second kappa shape index (κ2) is 6.23. The molecule has 0 bridgehead atoms. The first-order chi connectivity index (χ1) is 9.88. The van der Waals surface area contributed by atoms with E-state index in [-0.39, 0.29) is 6.10 Å². The van der Waals surface area contributed by atoms with E-state index in [1.807, 2.05) is 31.4 Å². The van der Waals surface area contributed by atoms with Crippen molar-refractivity contribution in [1.29, 1.82) is 0 Å². The minimum Gasteiger partial charge on any atom is -0.487 e. The van der Waals surface area contributed by atoms with E-state index in [0.717, 1.165) is 23.1 Å². The second-order valence-corrected chi connectivity index (χ2v) is 5.52. The number of pyridine rings is 1. The van der Waals surface area contributed by atoms with Gasteiger partial charge in [0.2, 0.25) is 0 Å². The molecular formula is C17H22N2O. The van der Waals surface area contributed by atoms with Crippen LogP contribution in [0.3, 0.4) is 0 Å². The average Bonchev–Trinajstić information content (AvgIpc) is 2.72. The minimum atomic E-state index is 0.245. The SMILES string of the molecule is CNC1CCCCCC1Oc1cccc2cccnc12. The van der Waals surface area contributed by atoms with Crippen molar-refractivity contribution in [2.75, 3.05) is 7.05 Å². The number of aromatic nitrogens is 1. The normalized spacial score (nSPS) is 23.4. The zero-order valence-electron chi connectivity index (χ0n) is 12.0. The number of hydrogen-bond acceptors (Lipinski definition) is 3. The molecule has 3 rings (SSSR count). The third-order valence-electron chi connectivity index (χ3n) is 4.20. The molecule has 106 valence electrons. The summed E-state index contributed by atoms with van der Waals surface area (Å²) >= 11 is 0. The molecule has 0 aliphatic heterocycles. The zero-order valence-corrected chi connectivity index (χ0v) is 12.0. The smallest absolute Gasteiger partial charge is 0.146 e. The lowest BCUT2D eigenvalue weighted by molar-refractivity contribution is 0.150. The van der Waals surface area contributed by atoms with Crippen LogP contribution in [0.15, 0.2) is 36.5 Å². The third-order valence-corrected chi connectivity index (χ3v) is 4.20. The highest BCUT2D eigenvalue weighted by Gasteiger charge is 2.24. The summed E-state index contributed by atoms with van der Waals surface area (Å²) in [6, 6.07) is 10.7. The van der Waals surface area contributed by atoms with Crippen LogP contribution < -0.4 is 10.1 Å². The van der Waals surface area contributed by atoms with Crippen molar-refractivity contribution < 1.29 is 4.74 Å². The molecule has 0 amide bonds. The Morgan fingerprint density at radius 3 is 2.85 bits per heavy atom. The molecule has 3 heteroatoms. The van der Waals surface area contributed by atoms with E-state index in [2.05, 4.69) is 22.4 Å². The number of benzene rings is 1. The summed E-state index contributed by atoms with van der Waals surface area (Å²) in [5, 5.41) is 4.56. The van der Waals surface area contributed by atoms with Crippen molar-refractivity contribution in [2.45, 2.75) is 44.2 Å². The topological polar surface area (TPSA) is 34.1 Å². The molecule has 1 saturated carbocycles. The standard InChI is InChI=1S/C17H22N2O/c1-18-14-9-3-2-4-10-15(14)20-16-11-5-7-13-8-6-12-19-17(13)16/h5-8,11-12,14-15,18H,2-4,9-10H2,1H3. The van der Waals surface area contributed by atoms with Gasteiger partial charge < -0.3 is 10.1 Å². The molecule has 2 atom stereocenters. The van der Waals surface area contributed by atoms with Gasteiger partial charge >= 0.3 is 0 Å². The monoisotopic (exact) mass is 270 g/mol. The van der Waals surface area contributed by atoms with Crippen molar-refractivity contribution in [3.63, 3.8) is 0 Å². The van der Waals surface area contributed by atoms with Gasteiger partial charge in [0, 0.05) is 17.6 Å². The van der Waals surface area contributed by atoms with Crippen LogP contribution in [0.25, 0.3) is 10.9 Å². The Bertz CT molecular complexity index is 564. The summed E-state index contributed by atoms with van der Waals surface area (Å²) in [6.45, 7) is 0. The molecule has 3 nitrogen and oxygen atoms in total. The maximum atomic E-state index is 6.33. The number of hydrogen-bond donors (Lipinski definition) is 1. The summed E-state index contributed by atoms with van der Waals surface area (Å²) in [7, 11) is 2.04. The molecule has 0 radical (unpaired) electrons. The van der Waals surface area contributed by atoms with Crippen LogP contribution in [0.5, 0.6) is 5.75 Å². The van der Waals surface area contributed by atoms with E-state index in [0.29, 0.717) is 6.04 Å². The Morgan fingerprint density at radius 2 is 1.95 bits per heavy atom. The fourth-order valence-electron chi connectivity index (χ4n) is 3.08. The zero-order chi connectivity index (χ0) is 13.8. The van der Waals surface area contributed by atoms with Crippen LogP contribution in [0.2, 0.25) is 0 Å². The van der Waals surface area contributed by atoms with Crippen LogP contribution in [0, 0.1) is 0 Å². The lowest BCUT2D eigenvalue weighted by Gasteiger charge is -2.26. The van der Waals surface area contributed by atoms with Gasteiger partial charge in [0.15, 0.2) is 0 Å². The van der Waals surface area contributed by atoms with Crippen molar-refractivity contribution in [1.82, 2.24) is 10.3 Å².